The average molecular weight is 310 g/mol. The minimum atomic E-state index is -0.698. The maximum atomic E-state index is 12.1. The lowest BCUT2D eigenvalue weighted by atomic mass is 10.1. The Labute approximate surface area is 132 Å². The van der Waals surface area contributed by atoms with E-state index in [-0.39, 0.29) is 28.3 Å². The molecule has 1 amide bonds. The highest BCUT2D eigenvalue weighted by Crippen LogP contribution is 2.26. The van der Waals surface area contributed by atoms with E-state index in [1.807, 2.05) is 0 Å². The van der Waals surface area contributed by atoms with Crippen molar-refractivity contribution in [3.8, 4) is 23.3 Å². The third kappa shape index (κ3) is 3.80. The van der Waals surface area contributed by atoms with Gasteiger partial charge < -0.3 is 20.3 Å². The van der Waals surface area contributed by atoms with E-state index in [2.05, 4.69) is 5.32 Å². The number of phenolic OH excluding ortho intramolecular Hbond substituents is 2. The summed E-state index contributed by atoms with van der Waals surface area (Å²) in [6, 6.07) is 12.4. The molecule has 0 aliphatic heterocycles. The molecule has 0 aromatic heterocycles. The van der Waals surface area contributed by atoms with E-state index < -0.39 is 5.91 Å². The normalized spacial score (nSPS) is 10.7. The van der Waals surface area contributed by atoms with Crippen LogP contribution in [0.1, 0.15) is 5.56 Å². The smallest absolute Gasteiger partial charge is 0.266 e. The summed E-state index contributed by atoms with van der Waals surface area (Å²) < 4.78 is 5.04. The number of rotatable bonds is 4. The van der Waals surface area contributed by atoms with Gasteiger partial charge in [-0.2, -0.15) is 5.26 Å². The van der Waals surface area contributed by atoms with Crippen molar-refractivity contribution < 1.29 is 19.7 Å². The SMILES string of the molecule is COc1ccc(O)c(C=C(C#N)C(=O)Nc2ccccc2O)c1. The molecule has 0 heterocycles. The molecule has 0 spiro atoms. The second-order valence-electron chi connectivity index (χ2n) is 4.57. The summed E-state index contributed by atoms with van der Waals surface area (Å²) in [6.07, 6.45) is 1.24. The second-order valence-corrected chi connectivity index (χ2v) is 4.57. The van der Waals surface area contributed by atoms with Crippen molar-refractivity contribution in [2.45, 2.75) is 0 Å². The maximum Gasteiger partial charge on any atom is 0.266 e. The van der Waals surface area contributed by atoms with E-state index in [4.69, 9.17) is 10.00 Å². The van der Waals surface area contributed by atoms with E-state index in [0.717, 1.165) is 0 Å². The zero-order chi connectivity index (χ0) is 16.8. The van der Waals surface area contributed by atoms with Gasteiger partial charge in [-0.25, -0.2) is 0 Å². The van der Waals surface area contributed by atoms with Crippen LogP contribution in [0.5, 0.6) is 17.2 Å². The number of anilines is 1. The Morgan fingerprint density at radius 1 is 1.22 bits per heavy atom. The first-order valence-corrected chi connectivity index (χ1v) is 6.63. The highest BCUT2D eigenvalue weighted by atomic mass is 16.5. The van der Waals surface area contributed by atoms with Gasteiger partial charge in [-0.15, -0.1) is 0 Å². The molecular formula is C17H14N2O4. The molecule has 0 radical (unpaired) electrons. The summed E-state index contributed by atoms with van der Waals surface area (Å²) in [6.45, 7) is 0. The van der Waals surface area contributed by atoms with Crippen LogP contribution >= 0.6 is 0 Å². The number of benzene rings is 2. The molecule has 0 aliphatic rings. The maximum absolute atomic E-state index is 12.1. The molecule has 0 saturated carbocycles. The van der Waals surface area contributed by atoms with Crippen LogP contribution in [0.2, 0.25) is 0 Å². The molecule has 0 bridgehead atoms. The number of hydrogen-bond acceptors (Lipinski definition) is 5. The highest BCUT2D eigenvalue weighted by molar-refractivity contribution is 6.10. The molecule has 116 valence electrons. The Balaban J connectivity index is 2.31. The van der Waals surface area contributed by atoms with Gasteiger partial charge in [0, 0.05) is 5.56 Å². The van der Waals surface area contributed by atoms with Crippen LogP contribution in [-0.2, 0) is 4.79 Å². The van der Waals surface area contributed by atoms with Crippen molar-refractivity contribution in [3.63, 3.8) is 0 Å². The monoisotopic (exact) mass is 310 g/mol. The van der Waals surface area contributed by atoms with Gasteiger partial charge in [0.1, 0.15) is 28.9 Å². The lowest BCUT2D eigenvalue weighted by Gasteiger charge is -2.07. The Morgan fingerprint density at radius 2 is 1.96 bits per heavy atom. The predicted molar refractivity (Wildman–Crippen MR) is 85.0 cm³/mol. The van der Waals surface area contributed by atoms with Gasteiger partial charge in [0.25, 0.3) is 5.91 Å². The molecular weight excluding hydrogens is 296 g/mol. The summed E-state index contributed by atoms with van der Waals surface area (Å²) in [4.78, 5) is 12.1. The largest absolute Gasteiger partial charge is 0.507 e. The number of carbonyl (C=O) groups is 1. The summed E-state index contributed by atoms with van der Waals surface area (Å²) in [5.41, 5.74) is 0.235. The van der Waals surface area contributed by atoms with E-state index >= 15 is 0 Å². The number of hydrogen-bond donors (Lipinski definition) is 3. The second kappa shape index (κ2) is 7.00. The van der Waals surface area contributed by atoms with E-state index in [0.29, 0.717) is 5.75 Å². The van der Waals surface area contributed by atoms with Crippen LogP contribution in [-0.4, -0.2) is 23.2 Å². The van der Waals surface area contributed by atoms with Crippen LogP contribution in [0.25, 0.3) is 6.08 Å². The van der Waals surface area contributed by atoms with Crippen LogP contribution < -0.4 is 10.1 Å². The fourth-order valence-corrected chi connectivity index (χ4v) is 1.85. The van der Waals surface area contributed by atoms with Gasteiger partial charge in [-0.3, -0.25) is 4.79 Å². The molecule has 0 fully saturated rings. The average Bonchev–Trinajstić information content (AvgIpc) is 2.56. The fourth-order valence-electron chi connectivity index (χ4n) is 1.85. The number of phenols is 2. The number of methoxy groups -OCH3 is 1. The van der Waals surface area contributed by atoms with Gasteiger partial charge in [-0.05, 0) is 36.4 Å². The fraction of sp³-hybridized carbons (Fsp3) is 0.0588. The molecule has 0 atom stereocenters. The molecule has 2 aromatic rings. The number of ether oxygens (including phenoxy) is 1. The number of para-hydroxylation sites is 2. The van der Waals surface area contributed by atoms with Crippen LogP contribution in [0.3, 0.4) is 0 Å². The van der Waals surface area contributed by atoms with E-state index in [1.165, 1.54) is 37.5 Å². The molecule has 6 nitrogen and oxygen atoms in total. The first-order chi connectivity index (χ1) is 11.0. The molecule has 23 heavy (non-hydrogen) atoms. The van der Waals surface area contributed by atoms with Gasteiger partial charge >= 0.3 is 0 Å². The lowest BCUT2D eigenvalue weighted by molar-refractivity contribution is -0.112. The highest BCUT2D eigenvalue weighted by Gasteiger charge is 2.13. The van der Waals surface area contributed by atoms with Crippen molar-refractivity contribution in [3.05, 3.63) is 53.6 Å². The third-order valence-corrected chi connectivity index (χ3v) is 3.05. The van der Waals surface area contributed by atoms with Gasteiger partial charge in [0.15, 0.2) is 0 Å². The third-order valence-electron chi connectivity index (χ3n) is 3.05. The molecule has 6 heteroatoms. The van der Waals surface area contributed by atoms with Gasteiger partial charge in [0.2, 0.25) is 0 Å². The molecule has 2 rings (SSSR count). The minimum absolute atomic E-state index is 0.0890. The van der Waals surface area contributed by atoms with E-state index in [1.54, 1.807) is 24.3 Å². The Hall–Kier alpha value is -3.46. The summed E-state index contributed by atoms with van der Waals surface area (Å²) in [5.74, 6) is -0.417. The standard InChI is InChI=1S/C17H14N2O4/c1-23-13-6-7-15(20)11(9-13)8-12(10-18)17(22)19-14-4-2-3-5-16(14)21/h2-9,20-21H,1H3,(H,19,22). The van der Waals surface area contributed by atoms with E-state index in [9.17, 15) is 15.0 Å². The quantitative estimate of drug-likeness (QED) is 0.457. The Kier molecular flexibility index (Phi) is 4.85. The first kappa shape index (κ1) is 15.9. The number of nitriles is 1. The van der Waals surface area contributed by atoms with Crippen LogP contribution in [0, 0.1) is 11.3 Å². The van der Waals surface area contributed by atoms with Gasteiger partial charge in [-0.1, -0.05) is 12.1 Å². The van der Waals surface area contributed by atoms with Crippen molar-refractivity contribution in [2.24, 2.45) is 0 Å². The molecule has 0 aliphatic carbocycles. The molecule has 0 unspecified atom stereocenters. The minimum Gasteiger partial charge on any atom is -0.507 e. The number of nitrogens with zero attached hydrogens (tertiary/aromatic N) is 1. The van der Waals surface area contributed by atoms with Crippen molar-refractivity contribution in [1.29, 1.82) is 5.26 Å². The number of amides is 1. The molecule has 0 saturated heterocycles. The van der Waals surface area contributed by atoms with Gasteiger partial charge in [0.05, 0.1) is 12.8 Å². The van der Waals surface area contributed by atoms with Crippen molar-refractivity contribution in [2.75, 3.05) is 12.4 Å². The number of carbonyl (C=O) groups excluding carboxylic acids is 1. The first-order valence-electron chi connectivity index (χ1n) is 6.63. The zero-order valence-corrected chi connectivity index (χ0v) is 12.3. The molecule has 3 N–H and O–H groups in total. The lowest BCUT2D eigenvalue weighted by Crippen LogP contribution is -2.13. The Bertz CT molecular complexity index is 806. The number of nitrogens with one attached hydrogen (secondary N) is 1. The topological polar surface area (TPSA) is 103 Å². The summed E-state index contributed by atoms with van der Waals surface area (Å²) in [7, 11) is 1.47. The van der Waals surface area contributed by atoms with Crippen LogP contribution in [0.15, 0.2) is 48.0 Å². The summed E-state index contributed by atoms with van der Waals surface area (Å²) in [5, 5.41) is 31.1. The number of aromatic hydroxyl groups is 2. The molecule has 2 aromatic carbocycles. The van der Waals surface area contributed by atoms with Crippen molar-refractivity contribution in [1.82, 2.24) is 0 Å². The van der Waals surface area contributed by atoms with Crippen molar-refractivity contribution >= 4 is 17.7 Å². The zero-order valence-electron chi connectivity index (χ0n) is 12.3. The van der Waals surface area contributed by atoms with Crippen LogP contribution in [0.4, 0.5) is 5.69 Å². The summed E-state index contributed by atoms with van der Waals surface area (Å²) >= 11 is 0. The predicted octanol–water partition coefficient (Wildman–Crippen LogP) is 2.65. The Morgan fingerprint density at radius 3 is 2.61 bits per heavy atom.